The fourth-order valence-corrected chi connectivity index (χ4v) is 4.13. The third-order valence-corrected chi connectivity index (χ3v) is 5.28. The van der Waals surface area contributed by atoms with Crippen LogP contribution in [-0.4, -0.2) is 13.1 Å². The van der Waals surface area contributed by atoms with Gasteiger partial charge in [0.15, 0.2) is 0 Å². The Morgan fingerprint density at radius 2 is 1.80 bits per heavy atom. The Labute approximate surface area is 146 Å². The molecule has 126 valence electrons. The van der Waals surface area contributed by atoms with Crippen molar-refractivity contribution in [3.63, 3.8) is 0 Å². The maximum atomic E-state index is 13.9. The van der Waals surface area contributed by atoms with Crippen molar-refractivity contribution in [2.45, 2.75) is 25.7 Å². The number of rotatable bonds is 1. The number of fused-ring (bicyclic) bond motifs is 4. The fourth-order valence-electron chi connectivity index (χ4n) is 4.13. The lowest BCUT2D eigenvalue weighted by molar-refractivity contribution is 0.0601. The summed E-state index contributed by atoms with van der Waals surface area (Å²) in [6.45, 7) is 4.27. The van der Waals surface area contributed by atoms with Crippen molar-refractivity contribution in [1.29, 1.82) is 0 Å². The molecule has 3 aromatic carbocycles. The number of carbonyl (C=O) groups is 1. The summed E-state index contributed by atoms with van der Waals surface area (Å²) in [6, 6.07) is 14.9. The molecule has 0 radical (unpaired) electrons. The van der Waals surface area contributed by atoms with Crippen molar-refractivity contribution in [3.05, 3.63) is 82.2 Å². The van der Waals surface area contributed by atoms with Crippen LogP contribution in [0.3, 0.4) is 0 Å². The van der Waals surface area contributed by atoms with E-state index in [4.69, 9.17) is 4.74 Å². The first-order valence-corrected chi connectivity index (χ1v) is 8.35. The Bertz CT molecular complexity index is 1020. The molecule has 1 aliphatic rings. The lowest BCUT2D eigenvalue weighted by Crippen LogP contribution is -2.27. The molecule has 3 aromatic rings. The molecule has 0 N–H and O–H groups in total. The Hall–Kier alpha value is -2.68. The SMILES string of the molecule is COC(=O)c1ccc2c3c(ccc2c1)Cc1ccc(F)cc1C3(C)C. The summed E-state index contributed by atoms with van der Waals surface area (Å²) in [5, 5.41) is 2.10. The smallest absolute Gasteiger partial charge is 0.337 e. The molecule has 4 rings (SSSR count). The summed E-state index contributed by atoms with van der Waals surface area (Å²) in [6.07, 6.45) is 0.795. The third-order valence-electron chi connectivity index (χ3n) is 5.28. The average molecular weight is 334 g/mol. The number of benzene rings is 3. The molecular formula is C22H19FO2. The van der Waals surface area contributed by atoms with Crippen LogP contribution >= 0.6 is 0 Å². The van der Waals surface area contributed by atoms with Gasteiger partial charge in [-0.1, -0.05) is 38.1 Å². The van der Waals surface area contributed by atoms with Crippen molar-refractivity contribution >= 4 is 16.7 Å². The fraction of sp³-hybridized carbons (Fsp3) is 0.227. The summed E-state index contributed by atoms with van der Waals surface area (Å²) in [5.74, 6) is -0.546. The molecule has 0 fully saturated rings. The molecule has 3 heteroatoms. The molecule has 0 spiro atoms. The monoisotopic (exact) mass is 334 g/mol. The first kappa shape index (κ1) is 15.8. The van der Waals surface area contributed by atoms with Crippen LogP contribution in [0.25, 0.3) is 10.8 Å². The maximum Gasteiger partial charge on any atom is 0.337 e. The number of methoxy groups -OCH3 is 1. The number of ether oxygens (including phenoxy) is 1. The van der Waals surface area contributed by atoms with Gasteiger partial charge in [0.1, 0.15) is 5.82 Å². The van der Waals surface area contributed by atoms with Crippen LogP contribution in [0.5, 0.6) is 0 Å². The minimum absolute atomic E-state index is 0.205. The van der Waals surface area contributed by atoms with Crippen molar-refractivity contribution in [2.24, 2.45) is 0 Å². The van der Waals surface area contributed by atoms with Crippen LogP contribution < -0.4 is 0 Å². The maximum absolute atomic E-state index is 13.9. The van der Waals surface area contributed by atoms with Gasteiger partial charge in [-0.25, -0.2) is 9.18 Å². The van der Waals surface area contributed by atoms with Crippen molar-refractivity contribution in [2.75, 3.05) is 7.11 Å². The quantitative estimate of drug-likeness (QED) is 0.586. The van der Waals surface area contributed by atoms with Crippen LogP contribution in [0.4, 0.5) is 4.39 Å². The van der Waals surface area contributed by atoms with Crippen LogP contribution in [0.15, 0.2) is 48.5 Å². The van der Waals surface area contributed by atoms with E-state index >= 15 is 0 Å². The van der Waals surface area contributed by atoms with Gasteiger partial charge in [0, 0.05) is 5.41 Å². The highest BCUT2D eigenvalue weighted by Gasteiger charge is 2.34. The second-order valence-electron chi connectivity index (χ2n) is 7.13. The van der Waals surface area contributed by atoms with Crippen molar-refractivity contribution in [1.82, 2.24) is 0 Å². The first-order valence-electron chi connectivity index (χ1n) is 8.35. The highest BCUT2D eigenvalue weighted by molar-refractivity contribution is 5.97. The number of hydrogen-bond acceptors (Lipinski definition) is 2. The van der Waals surface area contributed by atoms with E-state index in [-0.39, 0.29) is 17.2 Å². The van der Waals surface area contributed by atoms with Gasteiger partial charge in [-0.05, 0) is 63.7 Å². The Kier molecular flexibility index (Phi) is 3.43. The van der Waals surface area contributed by atoms with E-state index in [2.05, 4.69) is 19.9 Å². The molecule has 1 aliphatic carbocycles. The summed E-state index contributed by atoms with van der Waals surface area (Å²) in [4.78, 5) is 11.8. The van der Waals surface area contributed by atoms with E-state index in [0.29, 0.717) is 5.56 Å². The minimum atomic E-state index is -0.341. The standard InChI is InChI=1S/C22H19FO2/c1-22(2)19-12-17(23)8-6-14(19)11-15-5-4-13-10-16(21(24)25-3)7-9-18(13)20(15)22/h4-10,12H,11H2,1-3H3. The summed E-state index contributed by atoms with van der Waals surface area (Å²) in [5.41, 5.74) is 4.89. The zero-order valence-electron chi connectivity index (χ0n) is 14.5. The number of halogens is 1. The first-order chi connectivity index (χ1) is 11.9. The Morgan fingerprint density at radius 1 is 1.04 bits per heavy atom. The molecule has 2 nitrogen and oxygen atoms in total. The molecule has 0 atom stereocenters. The number of carbonyl (C=O) groups excluding carboxylic acids is 1. The van der Waals surface area contributed by atoms with Gasteiger partial charge in [-0.15, -0.1) is 0 Å². The molecule has 0 aromatic heterocycles. The average Bonchev–Trinajstić information content (AvgIpc) is 2.61. The normalized spacial score (nSPS) is 14.7. The van der Waals surface area contributed by atoms with Crippen molar-refractivity contribution < 1.29 is 13.9 Å². The van der Waals surface area contributed by atoms with Gasteiger partial charge in [0.2, 0.25) is 0 Å². The van der Waals surface area contributed by atoms with E-state index in [1.54, 1.807) is 12.1 Å². The largest absolute Gasteiger partial charge is 0.465 e. The molecule has 0 aliphatic heterocycles. The zero-order chi connectivity index (χ0) is 17.8. The van der Waals surface area contributed by atoms with Gasteiger partial charge < -0.3 is 4.74 Å². The van der Waals surface area contributed by atoms with E-state index in [1.807, 2.05) is 24.3 Å². The second kappa shape index (κ2) is 5.41. The molecule has 0 saturated carbocycles. The van der Waals surface area contributed by atoms with E-state index < -0.39 is 0 Å². The second-order valence-corrected chi connectivity index (χ2v) is 7.13. The lowest BCUT2D eigenvalue weighted by Gasteiger charge is -2.36. The molecule has 0 saturated heterocycles. The topological polar surface area (TPSA) is 26.3 Å². The molecule has 0 amide bonds. The van der Waals surface area contributed by atoms with Crippen molar-refractivity contribution in [3.8, 4) is 0 Å². The van der Waals surface area contributed by atoms with E-state index in [9.17, 15) is 9.18 Å². The van der Waals surface area contributed by atoms with Crippen LogP contribution in [0, 0.1) is 5.82 Å². The molecule has 0 heterocycles. The molecule has 25 heavy (non-hydrogen) atoms. The lowest BCUT2D eigenvalue weighted by atomic mass is 9.67. The van der Waals surface area contributed by atoms with Gasteiger partial charge in [-0.2, -0.15) is 0 Å². The Morgan fingerprint density at radius 3 is 2.56 bits per heavy atom. The summed E-state index contributed by atoms with van der Waals surface area (Å²) >= 11 is 0. The third kappa shape index (κ3) is 2.34. The predicted molar refractivity (Wildman–Crippen MR) is 96.6 cm³/mol. The predicted octanol–water partition coefficient (Wildman–Crippen LogP) is 5.00. The van der Waals surface area contributed by atoms with Crippen LogP contribution in [-0.2, 0) is 16.6 Å². The van der Waals surface area contributed by atoms with Crippen LogP contribution in [0.1, 0.15) is 46.5 Å². The number of esters is 1. The van der Waals surface area contributed by atoms with E-state index in [1.165, 1.54) is 29.9 Å². The number of hydrogen-bond donors (Lipinski definition) is 0. The van der Waals surface area contributed by atoms with Gasteiger partial charge in [0.25, 0.3) is 0 Å². The highest BCUT2D eigenvalue weighted by Crippen LogP contribution is 2.44. The highest BCUT2D eigenvalue weighted by atomic mass is 19.1. The van der Waals surface area contributed by atoms with Gasteiger partial charge in [0.05, 0.1) is 12.7 Å². The van der Waals surface area contributed by atoms with Gasteiger partial charge >= 0.3 is 5.97 Å². The Balaban J connectivity index is 1.97. The van der Waals surface area contributed by atoms with E-state index in [0.717, 1.165) is 22.8 Å². The summed E-state index contributed by atoms with van der Waals surface area (Å²) < 4.78 is 18.7. The zero-order valence-corrected chi connectivity index (χ0v) is 14.5. The molecule has 0 bridgehead atoms. The van der Waals surface area contributed by atoms with Crippen LogP contribution in [0.2, 0.25) is 0 Å². The summed E-state index contributed by atoms with van der Waals surface area (Å²) in [7, 11) is 1.38. The minimum Gasteiger partial charge on any atom is -0.465 e. The van der Waals surface area contributed by atoms with Gasteiger partial charge in [-0.3, -0.25) is 0 Å². The molecule has 0 unspecified atom stereocenters. The molecular weight excluding hydrogens is 315 g/mol.